The van der Waals surface area contributed by atoms with Crippen LogP contribution in [0.1, 0.15) is 39.5 Å². The topological polar surface area (TPSA) is 30.5 Å². The van der Waals surface area contributed by atoms with Crippen LogP contribution in [0.2, 0.25) is 0 Å². The first-order valence-electron chi connectivity index (χ1n) is 5.85. The van der Waals surface area contributed by atoms with Crippen LogP contribution in [-0.4, -0.2) is 38.5 Å². The van der Waals surface area contributed by atoms with Gasteiger partial charge >= 0.3 is 0 Å². The Morgan fingerprint density at radius 2 is 1.80 bits per heavy atom. The molecule has 15 heavy (non-hydrogen) atoms. The highest BCUT2D eigenvalue weighted by atomic mass is 16.5. The minimum absolute atomic E-state index is 0.0313. The molecule has 1 rings (SSSR count). The number of hydrogen-bond donors (Lipinski definition) is 1. The number of piperidine rings is 1. The van der Waals surface area contributed by atoms with Crippen molar-refractivity contribution < 1.29 is 9.47 Å². The molecule has 3 heteroatoms. The molecule has 1 heterocycles. The molecule has 90 valence electrons. The summed E-state index contributed by atoms with van der Waals surface area (Å²) < 4.78 is 11.2. The van der Waals surface area contributed by atoms with Gasteiger partial charge in [0.2, 0.25) is 0 Å². The highest BCUT2D eigenvalue weighted by Crippen LogP contribution is 2.31. The van der Waals surface area contributed by atoms with Crippen LogP contribution in [0, 0.1) is 0 Å². The molecule has 0 amide bonds. The highest BCUT2D eigenvalue weighted by molar-refractivity contribution is 4.88. The number of ether oxygens (including phenoxy) is 2. The average Bonchev–Trinajstić information content (AvgIpc) is 2.28. The van der Waals surface area contributed by atoms with Gasteiger partial charge in [0.05, 0.1) is 11.2 Å². The van der Waals surface area contributed by atoms with E-state index in [9.17, 15) is 0 Å². The van der Waals surface area contributed by atoms with Gasteiger partial charge < -0.3 is 14.8 Å². The normalized spacial score (nSPS) is 21.6. The van der Waals surface area contributed by atoms with Crippen molar-refractivity contribution in [1.29, 1.82) is 0 Å². The Morgan fingerprint density at radius 3 is 2.27 bits per heavy atom. The molecule has 1 saturated heterocycles. The molecule has 0 aromatic carbocycles. The summed E-state index contributed by atoms with van der Waals surface area (Å²) in [6, 6.07) is 0. The van der Waals surface area contributed by atoms with E-state index in [0.29, 0.717) is 0 Å². The second kappa shape index (κ2) is 5.28. The molecule has 0 aromatic rings. The summed E-state index contributed by atoms with van der Waals surface area (Å²) in [6.07, 6.45) is 4.37. The van der Waals surface area contributed by atoms with E-state index < -0.39 is 0 Å². The van der Waals surface area contributed by atoms with E-state index in [0.717, 1.165) is 38.8 Å². The van der Waals surface area contributed by atoms with Crippen molar-refractivity contribution >= 4 is 0 Å². The van der Waals surface area contributed by atoms with E-state index in [2.05, 4.69) is 19.2 Å². The highest BCUT2D eigenvalue weighted by Gasteiger charge is 2.33. The Morgan fingerprint density at radius 1 is 1.20 bits per heavy atom. The third-order valence-electron chi connectivity index (χ3n) is 3.68. The molecule has 1 aliphatic rings. The number of nitrogens with one attached hydrogen (secondary N) is 1. The molecule has 0 aromatic heterocycles. The van der Waals surface area contributed by atoms with Gasteiger partial charge in [-0.15, -0.1) is 0 Å². The van der Waals surface area contributed by atoms with Gasteiger partial charge in [-0.2, -0.15) is 0 Å². The van der Waals surface area contributed by atoms with Crippen molar-refractivity contribution in [1.82, 2.24) is 5.32 Å². The van der Waals surface area contributed by atoms with Crippen molar-refractivity contribution in [2.24, 2.45) is 0 Å². The fourth-order valence-corrected chi connectivity index (χ4v) is 2.07. The maximum atomic E-state index is 5.72. The van der Waals surface area contributed by atoms with Crippen LogP contribution in [0.15, 0.2) is 0 Å². The van der Waals surface area contributed by atoms with Gasteiger partial charge in [0.15, 0.2) is 0 Å². The Balaban J connectivity index is 2.45. The molecule has 0 unspecified atom stereocenters. The average molecular weight is 215 g/mol. The lowest BCUT2D eigenvalue weighted by Gasteiger charge is -2.38. The van der Waals surface area contributed by atoms with Gasteiger partial charge in [0.1, 0.15) is 0 Å². The van der Waals surface area contributed by atoms with Crippen LogP contribution in [0.25, 0.3) is 0 Å². The van der Waals surface area contributed by atoms with Crippen LogP contribution >= 0.6 is 0 Å². The summed E-state index contributed by atoms with van der Waals surface area (Å²) in [5.41, 5.74) is 0.0530. The molecule has 1 N–H and O–H groups in total. The van der Waals surface area contributed by atoms with Crippen LogP contribution < -0.4 is 5.32 Å². The Kier molecular flexibility index (Phi) is 4.56. The van der Waals surface area contributed by atoms with Gasteiger partial charge in [0, 0.05) is 14.2 Å². The van der Waals surface area contributed by atoms with E-state index in [1.54, 1.807) is 7.11 Å². The SMILES string of the molecule is COC(C)(C)CCC1(OC)CCNCC1. The Bertz CT molecular complexity index is 186. The third kappa shape index (κ3) is 3.74. The summed E-state index contributed by atoms with van der Waals surface area (Å²) in [7, 11) is 3.62. The van der Waals surface area contributed by atoms with Crippen LogP contribution in [-0.2, 0) is 9.47 Å². The smallest absolute Gasteiger partial charge is 0.0704 e. The summed E-state index contributed by atoms with van der Waals surface area (Å²) >= 11 is 0. The maximum absolute atomic E-state index is 5.72. The summed E-state index contributed by atoms with van der Waals surface area (Å²) in [5, 5.41) is 3.37. The van der Waals surface area contributed by atoms with Crippen molar-refractivity contribution in [3.05, 3.63) is 0 Å². The lowest BCUT2D eigenvalue weighted by molar-refractivity contribution is -0.0646. The van der Waals surface area contributed by atoms with Gasteiger partial charge in [0.25, 0.3) is 0 Å². The quantitative estimate of drug-likeness (QED) is 0.760. The predicted octanol–water partition coefficient (Wildman–Crippen LogP) is 1.96. The standard InChI is InChI=1S/C12H25NO2/c1-11(2,14-3)5-6-12(15-4)7-9-13-10-8-12/h13H,5-10H2,1-4H3. The fourth-order valence-electron chi connectivity index (χ4n) is 2.07. The molecule has 0 radical (unpaired) electrons. The van der Waals surface area contributed by atoms with E-state index in [4.69, 9.17) is 9.47 Å². The largest absolute Gasteiger partial charge is 0.379 e. The zero-order valence-electron chi connectivity index (χ0n) is 10.6. The van der Waals surface area contributed by atoms with Crippen molar-refractivity contribution in [2.75, 3.05) is 27.3 Å². The third-order valence-corrected chi connectivity index (χ3v) is 3.68. The Hall–Kier alpha value is -0.120. The molecular weight excluding hydrogens is 190 g/mol. The number of methoxy groups -OCH3 is 2. The first-order valence-corrected chi connectivity index (χ1v) is 5.85. The molecule has 1 fully saturated rings. The van der Waals surface area contributed by atoms with E-state index >= 15 is 0 Å². The summed E-state index contributed by atoms with van der Waals surface area (Å²) in [4.78, 5) is 0. The fraction of sp³-hybridized carbons (Fsp3) is 1.00. The summed E-state index contributed by atoms with van der Waals surface area (Å²) in [6.45, 7) is 6.41. The minimum atomic E-state index is -0.0313. The molecule has 3 nitrogen and oxygen atoms in total. The molecule has 0 spiro atoms. The van der Waals surface area contributed by atoms with E-state index in [-0.39, 0.29) is 11.2 Å². The van der Waals surface area contributed by atoms with Crippen LogP contribution in [0.5, 0.6) is 0 Å². The van der Waals surface area contributed by atoms with Gasteiger partial charge in [-0.1, -0.05) is 0 Å². The first-order chi connectivity index (χ1) is 7.04. The molecule has 0 saturated carbocycles. The molecule has 0 atom stereocenters. The number of hydrogen-bond acceptors (Lipinski definition) is 3. The second-order valence-electron chi connectivity index (χ2n) is 5.10. The van der Waals surface area contributed by atoms with Crippen LogP contribution in [0.3, 0.4) is 0 Å². The van der Waals surface area contributed by atoms with E-state index in [1.165, 1.54) is 0 Å². The number of rotatable bonds is 5. The van der Waals surface area contributed by atoms with E-state index in [1.807, 2.05) is 7.11 Å². The molecule has 0 aliphatic carbocycles. The van der Waals surface area contributed by atoms with Crippen molar-refractivity contribution in [3.63, 3.8) is 0 Å². The lowest BCUT2D eigenvalue weighted by atomic mass is 9.84. The zero-order valence-corrected chi connectivity index (χ0v) is 10.6. The van der Waals surface area contributed by atoms with Gasteiger partial charge in [-0.25, -0.2) is 0 Å². The van der Waals surface area contributed by atoms with Crippen molar-refractivity contribution in [3.8, 4) is 0 Å². The Labute approximate surface area is 93.5 Å². The predicted molar refractivity (Wildman–Crippen MR) is 62.2 cm³/mol. The molecule has 0 bridgehead atoms. The second-order valence-corrected chi connectivity index (χ2v) is 5.10. The summed E-state index contributed by atoms with van der Waals surface area (Å²) in [5.74, 6) is 0. The zero-order chi connectivity index (χ0) is 11.4. The monoisotopic (exact) mass is 215 g/mol. The van der Waals surface area contributed by atoms with Crippen LogP contribution in [0.4, 0.5) is 0 Å². The first kappa shape index (κ1) is 12.9. The molecule has 1 aliphatic heterocycles. The van der Waals surface area contributed by atoms with Crippen molar-refractivity contribution in [2.45, 2.75) is 50.7 Å². The molecular formula is C12H25NO2. The minimum Gasteiger partial charge on any atom is -0.379 e. The maximum Gasteiger partial charge on any atom is 0.0704 e. The van der Waals surface area contributed by atoms with Gasteiger partial charge in [-0.3, -0.25) is 0 Å². The lowest BCUT2D eigenvalue weighted by Crippen LogP contribution is -2.44. The van der Waals surface area contributed by atoms with Gasteiger partial charge in [-0.05, 0) is 52.6 Å².